The van der Waals surface area contributed by atoms with Gasteiger partial charge in [0.1, 0.15) is 5.75 Å². The van der Waals surface area contributed by atoms with Crippen molar-refractivity contribution in [2.24, 2.45) is 0 Å². The molecule has 0 atom stereocenters. The third-order valence-corrected chi connectivity index (χ3v) is 4.16. The van der Waals surface area contributed by atoms with E-state index < -0.39 is 4.92 Å². The largest absolute Gasteiger partial charge is 0.494 e. The molecular formula is C15H12N4O4S. The number of nitro benzene ring substituents is 1. The van der Waals surface area contributed by atoms with Crippen molar-refractivity contribution in [2.75, 3.05) is 18.2 Å². The van der Waals surface area contributed by atoms with Gasteiger partial charge in [-0.1, -0.05) is 11.3 Å². The number of rotatable bonds is 4. The normalized spacial score (nSPS) is 10.5. The Labute approximate surface area is 140 Å². The number of nitrogen functional groups attached to an aromatic ring is 1. The number of carbonyl (C=O) groups excluding carboxylic acids is 1. The minimum Gasteiger partial charge on any atom is -0.494 e. The molecule has 2 aromatic carbocycles. The van der Waals surface area contributed by atoms with Gasteiger partial charge in [0.25, 0.3) is 11.6 Å². The Kier molecular flexibility index (Phi) is 4.00. The van der Waals surface area contributed by atoms with E-state index in [4.69, 9.17) is 10.5 Å². The molecule has 24 heavy (non-hydrogen) atoms. The fraction of sp³-hybridized carbons (Fsp3) is 0.0667. The third kappa shape index (κ3) is 2.97. The number of nitrogens with two attached hydrogens (primary N) is 1. The van der Waals surface area contributed by atoms with Gasteiger partial charge >= 0.3 is 0 Å². The molecule has 1 amide bonds. The number of anilines is 2. The summed E-state index contributed by atoms with van der Waals surface area (Å²) in [6.07, 6.45) is 0. The van der Waals surface area contributed by atoms with Gasteiger partial charge in [0.05, 0.1) is 34.0 Å². The molecule has 0 aliphatic carbocycles. The van der Waals surface area contributed by atoms with Crippen LogP contribution in [-0.4, -0.2) is 22.9 Å². The molecule has 0 aliphatic heterocycles. The first-order valence-electron chi connectivity index (χ1n) is 6.78. The second-order valence-electron chi connectivity index (χ2n) is 4.83. The smallest absolute Gasteiger partial charge is 0.273 e. The minimum atomic E-state index is -0.532. The molecule has 0 spiro atoms. The van der Waals surface area contributed by atoms with Gasteiger partial charge in [0.15, 0.2) is 5.13 Å². The van der Waals surface area contributed by atoms with Crippen LogP contribution in [0.1, 0.15) is 10.4 Å². The van der Waals surface area contributed by atoms with Crippen molar-refractivity contribution < 1.29 is 14.5 Å². The maximum absolute atomic E-state index is 12.4. The molecule has 3 rings (SSSR count). The van der Waals surface area contributed by atoms with Gasteiger partial charge in [-0.2, -0.15) is 0 Å². The van der Waals surface area contributed by atoms with Crippen LogP contribution < -0.4 is 15.8 Å². The molecule has 122 valence electrons. The number of nitrogens with one attached hydrogen (secondary N) is 1. The number of hydrogen-bond donors (Lipinski definition) is 2. The van der Waals surface area contributed by atoms with E-state index in [9.17, 15) is 14.9 Å². The number of amides is 1. The standard InChI is InChI=1S/C15H12N4O4S/c1-23-12-7-9(19(21)22)3-5-10(12)17-14(20)8-2-4-11-13(6-8)24-15(16)18-11/h2-7H,1H3,(H2,16,18)(H,17,20). The van der Waals surface area contributed by atoms with Crippen LogP contribution in [0, 0.1) is 10.1 Å². The summed E-state index contributed by atoms with van der Waals surface area (Å²) in [6, 6.07) is 9.02. The summed E-state index contributed by atoms with van der Waals surface area (Å²) in [6.45, 7) is 0. The van der Waals surface area contributed by atoms with Gasteiger partial charge in [0, 0.05) is 11.6 Å². The van der Waals surface area contributed by atoms with E-state index in [1.807, 2.05) is 0 Å². The fourth-order valence-electron chi connectivity index (χ4n) is 2.17. The first-order valence-corrected chi connectivity index (χ1v) is 7.59. The maximum atomic E-state index is 12.4. The number of nitrogens with zero attached hydrogens (tertiary/aromatic N) is 2. The Hall–Kier alpha value is -3.20. The lowest BCUT2D eigenvalue weighted by Gasteiger charge is -2.10. The molecule has 0 radical (unpaired) electrons. The monoisotopic (exact) mass is 344 g/mol. The predicted molar refractivity (Wildman–Crippen MR) is 91.6 cm³/mol. The quantitative estimate of drug-likeness (QED) is 0.554. The van der Waals surface area contributed by atoms with Crippen LogP contribution in [0.15, 0.2) is 36.4 Å². The lowest BCUT2D eigenvalue weighted by molar-refractivity contribution is -0.384. The Morgan fingerprint density at radius 1 is 1.33 bits per heavy atom. The number of nitro groups is 1. The average Bonchev–Trinajstić information content (AvgIpc) is 2.93. The maximum Gasteiger partial charge on any atom is 0.273 e. The van der Waals surface area contributed by atoms with E-state index in [0.29, 0.717) is 16.4 Å². The molecule has 3 aromatic rings. The van der Waals surface area contributed by atoms with Gasteiger partial charge in [-0.25, -0.2) is 4.98 Å². The van der Waals surface area contributed by atoms with Crippen LogP contribution in [0.3, 0.4) is 0 Å². The van der Waals surface area contributed by atoms with Gasteiger partial charge in [-0.3, -0.25) is 14.9 Å². The molecule has 0 saturated heterocycles. The molecule has 0 unspecified atom stereocenters. The number of ether oxygens (including phenoxy) is 1. The highest BCUT2D eigenvalue weighted by molar-refractivity contribution is 7.22. The van der Waals surface area contributed by atoms with Crippen LogP contribution in [0.4, 0.5) is 16.5 Å². The Morgan fingerprint density at radius 2 is 2.12 bits per heavy atom. The average molecular weight is 344 g/mol. The fourth-order valence-corrected chi connectivity index (χ4v) is 2.95. The molecule has 0 saturated carbocycles. The highest BCUT2D eigenvalue weighted by Gasteiger charge is 2.15. The highest BCUT2D eigenvalue weighted by Crippen LogP contribution is 2.30. The van der Waals surface area contributed by atoms with Crippen LogP contribution >= 0.6 is 11.3 Å². The molecule has 0 fully saturated rings. The second-order valence-corrected chi connectivity index (χ2v) is 5.89. The van der Waals surface area contributed by atoms with Gasteiger partial charge in [-0.15, -0.1) is 0 Å². The van der Waals surface area contributed by atoms with Crippen molar-refractivity contribution in [3.63, 3.8) is 0 Å². The molecule has 1 aromatic heterocycles. The van der Waals surface area contributed by atoms with E-state index >= 15 is 0 Å². The zero-order chi connectivity index (χ0) is 17.3. The van der Waals surface area contributed by atoms with Crippen molar-refractivity contribution in [1.82, 2.24) is 4.98 Å². The van der Waals surface area contributed by atoms with Crippen molar-refractivity contribution in [3.05, 3.63) is 52.1 Å². The number of hydrogen-bond acceptors (Lipinski definition) is 7. The van der Waals surface area contributed by atoms with E-state index in [2.05, 4.69) is 10.3 Å². The third-order valence-electron chi connectivity index (χ3n) is 3.31. The molecule has 8 nitrogen and oxygen atoms in total. The predicted octanol–water partition coefficient (Wildman–Crippen LogP) is 3.05. The van der Waals surface area contributed by atoms with E-state index in [1.54, 1.807) is 18.2 Å². The number of benzene rings is 2. The van der Waals surface area contributed by atoms with Crippen molar-refractivity contribution in [1.29, 1.82) is 0 Å². The van der Waals surface area contributed by atoms with E-state index in [0.717, 1.165) is 10.2 Å². The summed E-state index contributed by atoms with van der Waals surface area (Å²) < 4.78 is 5.90. The molecule has 0 aliphatic rings. The molecule has 9 heteroatoms. The van der Waals surface area contributed by atoms with Gasteiger partial charge in [0.2, 0.25) is 0 Å². The molecule has 1 heterocycles. The number of thiazole rings is 1. The Balaban J connectivity index is 1.89. The van der Waals surface area contributed by atoms with Crippen molar-refractivity contribution in [2.45, 2.75) is 0 Å². The zero-order valence-electron chi connectivity index (χ0n) is 12.5. The first-order chi connectivity index (χ1) is 11.5. The van der Waals surface area contributed by atoms with Gasteiger partial charge < -0.3 is 15.8 Å². The lowest BCUT2D eigenvalue weighted by atomic mass is 10.2. The molecular weight excluding hydrogens is 332 g/mol. The number of methoxy groups -OCH3 is 1. The first kappa shape index (κ1) is 15.7. The second kappa shape index (κ2) is 6.13. The van der Waals surface area contributed by atoms with E-state index in [-0.39, 0.29) is 17.3 Å². The summed E-state index contributed by atoms with van der Waals surface area (Å²) in [5.41, 5.74) is 7.02. The SMILES string of the molecule is COc1cc([N+](=O)[O-])ccc1NC(=O)c1ccc2nc(N)sc2c1. The molecule has 3 N–H and O–H groups in total. The van der Waals surface area contributed by atoms with Gasteiger partial charge in [-0.05, 0) is 24.3 Å². The van der Waals surface area contributed by atoms with E-state index in [1.165, 1.54) is 36.6 Å². The lowest BCUT2D eigenvalue weighted by Crippen LogP contribution is -2.12. The zero-order valence-corrected chi connectivity index (χ0v) is 13.3. The van der Waals surface area contributed by atoms with Crippen molar-refractivity contribution in [3.8, 4) is 5.75 Å². The van der Waals surface area contributed by atoms with Crippen LogP contribution in [0.5, 0.6) is 5.75 Å². The summed E-state index contributed by atoms with van der Waals surface area (Å²) in [4.78, 5) is 26.8. The minimum absolute atomic E-state index is 0.119. The number of carbonyl (C=O) groups is 1. The number of non-ortho nitro benzene ring substituents is 1. The summed E-state index contributed by atoms with van der Waals surface area (Å²) in [5.74, 6) is -0.156. The van der Waals surface area contributed by atoms with Crippen LogP contribution in [-0.2, 0) is 0 Å². The molecule has 0 bridgehead atoms. The topological polar surface area (TPSA) is 120 Å². The summed E-state index contributed by atoms with van der Waals surface area (Å²) in [7, 11) is 1.38. The number of fused-ring (bicyclic) bond motifs is 1. The number of aromatic nitrogens is 1. The summed E-state index contributed by atoms with van der Waals surface area (Å²) >= 11 is 1.29. The van der Waals surface area contributed by atoms with Crippen LogP contribution in [0.2, 0.25) is 0 Å². The van der Waals surface area contributed by atoms with Crippen molar-refractivity contribution >= 4 is 44.0 Å². The highest BCUT2D eigenvalue weighted by atomic mass is 32.1. The Morgan fingerprint density at radius 3 is 2.83 bits per heavy atom. The Bertz CT molecular complexity index is 954. The van der Waals surface area contributed by atoms with Crippen LogP contribution in [0.25, 0.3) is 10.2 Å². The summed E-state index contributed by atoms with van der Waals surface area (Å²) in [5, 5.41) is 13.9.